The normalized spacial score (nSPS) is 15.2. The van der Waals surface area contributed by atoms with Crippen molar-refractivity contribution < 1.29 is 4.74 Å². The maximum absolute atomic E-state index is 5.78. The lowest BCUT2D eigenvalue weighted by Gasteiger charge is -2.27. The van der Waals surface area contributed by atoms with Gasteiger partial charge in [-0.2, -0.15) is 5.10 Å². The Bertz CT molecular complexity index is 387. The van der Waals surface area contributed by atoms with Crippen LogP contribution in [0.5, 0.6) is 5.75 Å². The molecule has 0 aliphatic heterocycles. The molecule has 0 aliphatic carbocycles. The summed E-state index contributed by atoms with van der Waals surface area (Å²) in [5.41, 5.74) is 4.30. The highest BCUT2D eigenvalue weighted by molar-refractivity contribution is 5.28. The number of nitrogens with one attached hydrogen (secondary N) is 1. The number of ether oxygens (including phenoxy) is 1. The second kappa shape index (κ2) is 7.09. The molecular weight excluding hydrogens is 252 g/mol. The van der Waals surface area contributed by atoms with Crippen LogP contribution in [0.15, 0.2) is 6.20 Å². The third-order valence-corrected chi connectivity index (χ3v) is 3.49. The smallest absolute Gasteiger partial charge is 0.161 e. The predicted molar refractivity (Wildman–Crippen MR) is 82.4 cm³/mol. The molecule has 0 saturated carbocycles. The first-order chi connectivity index (χ1) is 9.32. The lowest BCUT2D eigenvalue weighted by Crippen LogP contribution is -2.32. The summed E-state index contributed by atoms with van der Waals surface area (Å²) in [5.74, 6) is 7.15. The Morgan fingerprint density at radius 1 is 1.45 bits per heavy atom. The van der Waals surface area contributed by atoms with E-state index in [2.05, 4.69) is 45.1 Å². The molecule has 0 amide bonds. The molecule has 2 atom stereocenters. The SMILES string of the molecule is CCn1ncc(OC)c1C(CC(C)CC(C)(C)C)NN. The van der Waals surface area contributed by atoms with Gasteiger partial charge in [0.1, 0.15) is 0 Å². The van der Waals surface area contributed by atoms with E-state index in [-0.39, 0.29) is 6.04 Å². The van der Waals surface area contributed by atoms with E-state index in [1.165, 1.54) is 0 Å². The molecule has 116 valence electrons. The summed E-state index contributed by atoms with van der Waals surface area (Å²) in [6.45, 7) is 12.0. The number of nitrogens with two attached hydrogens (primary N) is 1. The van der Waals surface area contributed by atoms with E-state index in [1.54, 1.807) is 13.3 Å². The minimum absolute atomic E-state index is 0.0600. The van der Waals surface area contributed by atoms with Crippen molar-refractivity contribution in [2.45, 2.75) is 60.0 Å². The van der Waals surface area contributed by atoms with Gasteiger partial charge in [-0.1, -0.05) is 27.7 Å². The third-order valence-electron chi connectivity index (χ3n) is 3.49. The van der Waals surface area contributed by atoms with Crippen LogP contribution >= 0.6 is 0 Å². The fraction of sp³-hybridized carbons (Fsp3) is 0.800. The molecule has 0 aliphatic rings. The zero-order chi connectivity index (χ0) is 15.3. The van der Waals surface area contributed by atoms with Crippen molar-refractivity contribution in [3.05, 3.63) is 11.9 Å². The Kier molecular flexibility index (Phi) is 6.02. The number of aryl methyl sites for hydroxylation is 1. The molecule has 1 rings (SSSR count). The van der Waals surface area contributed by atoms with Crippen molar-refractivity contribution in [2.75, 3.05) is 7.11 Å². The van der Waals surface area contributed by atoms with Crippen LogP contribution in [0.4, 0.5) is 0 Å². The van der Waals surface area contributed by atoms with Crippen LogP contribution < -0.4 is 16.0 Å². The van der Waals surface area contributed by atoms with Crippen molar-refractivity contribution in [3.8, 4) is 5.75 Å². The van der Waals surface area contributed by atoms with Gasteiger partial charge >= 0.3 is 0 Å². The van der Waals surface area contributed by atoms with E-state index in [1.807, 2.05) is 4.68 Å². The molecule has 0 aromatic carbocycles. The topological polar surface area (TPSA) is 65.1 Å². The molecule has 0 bridgehead atoms. The molecule has 5 nitrogen and oxygen atoms in total. The number of aromatic nitrogens is 2. The first kappa shape index (κ1) is 17.0. The summed E-state index contributed by atoms with van der Waals surface area (Å²) < 4.78 is 7.37. The number of hydrogen-bond acceptors (Lipinski definition) is 4. The first-order valence-corrected chi connectivity index (χ1v) is 7.38. The van der Waals surface area contributed by atoms with E-state index in [0.717, 1.165) is 30.8 Å². The van der Waals surface area contributed by atoms with Gasteiger partial charge < -0.3 is 4.74 Å². The van der Waals surface area contributed by atoms with Gasteiger partial charge in [-0.05, 0) is 31.1 Å². The highest BCUT2D eigenvalue weighted by Crippen LogP contribution is 2.33. The Balaban J connectivity index is 2.88. The number of nitrogens with zero attached hydrogens (tertiary/aromatic N) is 2. The highest BCUT2D eigenvalue weighted by atomic mass is 16.5. The van der Waals surface area contributed by atoms with Gasteiger partial charge in [0.05, 0.1) is 25.0 Å². The van der Waals surface area contributed by atoms with Crippen molar-refractivity contribution in [1.82, 2.24) is 15.2 Å². The maximum atomic E-state index is 5.78. The van der Waals surface area contributed by atoms with Crippen LogP contribution in [0.3, 0.4) is 0 Å². The standard InChI is InChI=1S/C15H30N4O/c1-7-19-14(13(20-6)10-17-19)12(18-16)8-11(2)9-15(3,4)5/h10-12,18H,7-9,16H2,1-6H3. The van der Waals surface area contributed by atoms with E-state index in [4.69, 9.17) is 10.6 Å². The van der Waals surface area contributed by atoms with Gasteiger partial charge in [0.25, 0.3) is 0 Å². The van der Waals surface area contributed by atoms with Gasteiger partial charge in [0, 0.05) is 6.54 Å². The number of methoxy groups -OCH3 is 1. The van der Waals surface area contributed by atoms with Crippen molar-refractivity contribution in [3.63, 3.8) is 0 Å². The van der Waals surface area contributed by atoms with E-state index < -0.39 is 0 Å². The Hall–Kier alpha value is -1.07. The molecular formula is C15H30N4O. The zero-order valence-electron chi connectivity index (χ0n) is 13.7. The number of hydrazine groups is 1. The average Bonchev–Trinajstić information content (AvgIpc) is 2.76. The molecule has 3 N–H and O–H groups in total. The molecule has 1 aromatic rings. The Morgan fingerprint density at radius 2 is 2.10 bits per heavy atom. The fourth-order valence-electron chi connectivity index (χ4n) is 2.93. The largest absolute Gasteiger partial charge is 0.493 e. The lowest BCUT2D eigenvalue weighted by atomic mass is 9.82. The summed E-state index contributed by atoms with van der Waals surface area (Å²) in [6, 6.07) is 0.0600. The van der Waals surface area contributed by atoms with Crippen molar-refractivity contribution >= 4 is 0 Å². The number of rotatable bonds is 7. The van der Waals surface area contributed by atoms with Gasteiger partial charge in [-0.25, -0.2) is 0 Å². The third kappa shape index (κ3) is 4.49. The molecule has 0 radical (unpaired) electrons. The van der Waals surface area contributed by atoms with Gasteiger partial charge in [0.15, 0.2) is 5.75 Å². The quantitative estimate of drug-likeness (QED) is 0.596. The van der Waals surface area contributed by atoms with Crippen LogP contribution in [-0.4, -0.2) is 16.9 Å². The van der Waals surface area contributed by atoms with E-state index in [9.17, 15) is 0 Å². The Morgan fingerprint density at radius 3 is 2.55 bits per heavy atom. The molecule has 2 unspecified atom stereocenters. The van der Waals surface area contributed by atoms with Crippen LogP contribution in [-0.2, 0) is 6.54 Å². The average molecular weight is 282 g/mol. The summed E-state index contributed by atoms with van der Waals surface area (Å²) in [7, 11) is 1.67. The fourth-order valence-corrected chi connectivity index (χ4v) is 2.93. The van der Waals surface area contributed by atoms with E-state index in [0.29, 0.717) is 11.3 Å². The van der Waals surface area contributed by atoms with Crippen LogP contribution in [0.25, 0.3) is 0 Å². The molecule has 0 spiro atoms. The molecule has 20 heavy (non-hydrogen) atoms. The van der Waals surface area contributed by atoms with Crippen LogP contribution in [0.1, 0.15) is 59.2 Å². The Labute approximate surface area is 122 Å². The minimum atomic E-state index is 0.0600. The second-order valence-corrected chi connectivity index (χ2v) is 6.74. The highest BCUT2D eigenvalue weighted by Gasteiger charge is 2.24. The van der Waals surface area contributed by atoms with E-state index >= 15 is 0 Å². The van der Waals surface area contributed by atoms with Gasteiger partial charge in [-0.15, -0.1) is 0 Å². The maximum Gasteiger partial charge on any atom is 0.161 e. The predicted octanol–water partition coefficient (Wildman–Crippen LogP) is 2.88. The summed E-state index contributed by atoms with van der Waals surface area (Å²) in [4.78, 5) is 0. The van der Waals surface area contributed by atoms with Gasteiger partial charge in [0.2, 0.25) is 0 Å². The molecule has 1 heterocycles. The monoisotopic (exact) mass is 282 g/mol. The van der Waals surface area contributed by atoms with Gasteiger partial charge in [-0.3, -0.25) is 16.0 Å². The number of hydrogen-bond donors (Lipinski definition) is 2. The molecule has 5 heteroatoms. The first-order valence-electron chi connectivity index (χ1n) is 7.38. The lowest BCUT2D eigenvalue weighted by molar-refractivity contribution is 0.270. The summed E-state index contributed by atoms with van der Waals surface area (Å²) in [6.07, 6.45) is 3.89. The molecule has 1 aromatic heterocycles. The van der Waals surface area contributed by atoms with Crippen LogP contribution in [0, 0.1) is 11.3 Å². The molecule has 0 saturated heterocycles. The van der Waals surface area contributed by atoms with Crippen molar-refractivity contribution in [2.24, 2.45) is 17.2 Å². The molecule has 0 fully saturated rings. The van der Waals surface area contributed by atoms with Crippen molar-refractivity contribution in [1.29, 1.82) is 0 Å². The summed E-state index contributed by atoms with van der Waals surface area (Å²) in [5, 5.41) is 4.35. The second-order valence-electron chi connectivity index (χ2n) is 6.74. The van der Waals surface area contributed by atoms with Crippen LogP contribution in [0.2, 0.25) is 0 Å². The minimum Gasteiger partial charge on any atom is -0.493 e. The zero-order valence-corrected chi connectivity index (χ0v) is 13.7. The summed E-state index contributed by atoms with van der Waals surface area (Å²) >= 11 is 0.